The van der Waals surface area contributed by atoms with Gasteiger partial charge in [0.15, 0.2) is 0 Å². The molecule has 1 aliphatic heterocycles. The van der Waals surface area contributed by atoms with Crippen LogP contribution >= 0.6 is 11.6 Å². The van der Waals surface area contributed by atoms with Gasteiger partial charge in [0.05, 0.1) is 0 Å². The molecule has 19 heavy (non-hydrogen) atoms. The summed E-state index contributed by atoms with van der Waals surface area (Å²) in [7, 11) is 0. The SMILES string of the molecule is NC1[C@@H]2CC[C@H]1CN(C(=O)c1cc(F)cc(Cl)c1)C2. The van der Waals surface area contributed by atoms with Gasteiger partial charge in [0.25, 0.3) is 5.91 Å². The molecule has 2 N–H and O–H groups in total. The van der Waals surface area contributed by atoms with Crippen LogP contribution in [0.5, 0.6) is 0 Å². The second-order valence-corrected chi connectivity index (χ2v) is 5.98. The number of likely N-dealkylation sites (tertiary alicyclic amines) is 1. The molecule has 0 radical (unpaired) electrons. The molecular formula is C14H16ClFN2O. The Hall–Kier alpha value is -1.13. The van der Waals surface area contributed by atoms with Gasteiger partial charge in [-0.15, -0.1) is 0 Å². The van der Waals surface area contributed by atoms with Crippen LogP contribution < -0.4 is 5.73 Å². The van der Waals surface area contributed by atoms with Gasteiger partial charge in [0.2, 0.25) is 0 Å². The minimum Gasteiger partial charge on any atom is -0.338 e. The van der Waals surface area contributed by atoms with E-state index >= 15 is 0 Å². The molecule has 1 heterocycles. The number of carbonyl (C=O) groups excluding carboxylic acids is 1. The van der Waals surface area contributed by atoms with E-state index in [0.29, 0.717) is 30.5 Å². The van der Waals surface area contributed by atoms with E-state index in [1.165, 1.54) is 18.2 Å². The van der Waals surface area contributed by atoms with E-state index < -0.39 is 5.82 Å². The number of hydrogen-bond donors (Lipinski definition) is 1. The first-order chi connectivity index (χ1) is 9.04. The molecule has 1 aromatic carbocycles. The second kappa shape index (κ2) is 4.76. The van der Waals surface area contributed by atoms with Crippen LogP contribution in [-0.2, 0) is 0 Å². The number of hydrogen-bond acceptors (Lipinski definition) is 2. The van der Waals surface area contributed by atoms with E-state index in [-0.39, 0.29) is 17.0 Å². The Morgan fingerprint density at radius 3 is 2.47 bits per heavy atom. The van der Waals surface area contributed by atoms with Crippen molar-refractivity contribution in [3.8, 4) is 0 Å². The Balaban J connectivity index is 1.81. The second-order valence-electron chi connectivity index (χ2n) is 5.54. The molecule has 102 valence electrons. The number of amides is 1. The number of halogens is 2. The molecule has 0 spiro atoms. The number of piperidine rings is 1. The van der Waals surface area contributed by atoms with E-state index in [2.05, 4.69) is 0 Å². The highest BCUT2D eigenvalue weighted by Crippen LogP contribution is 2.36. The Morgan fingerprint density at radius 1 is 1.26 bits per heavy atom. The molecule has 3 nitrogen and oxygen atoms in total. The smallest absolute Gasteiger partial charge is 0.254 e. The van der Waals surface area contributed by atoms with Crippen LogP contribution in [0.3, 0.4) is 0 Å². The fraction of sp³-hybridized carbons (Fsp3) is 0.500. The van der Waals surface area contributed by atoms with Gasteiger partial charge < -0.3 is 10.6 Å². The summed E-state index contributed by atoms with van der Waals surface area (Å²) in [5.41, 5.74) is 6.43. The maximum absolute atomic E-state index is 13.3. The quantitative estimate of drug-likeness (QED) is 0.859. The van der Waals surface area contributed by atoms with Gasteiger partial charge in [0, 0.05) is 29.7 Å². The van der Waals surface area contributed by atoms with Crippen molar-refractivity contribution < 1.29 is 9.18 Å². The zero-order chi connectivity index (χ0) is 13.6. The predicted octanol–water partition coefficient (Wildman–Crippen LogP) is 2.29. The largest absolute Gasteiger partial charge is 0.338 e. The van der Waals surface area contributed by atoms with Crippen molar-refractivity contribution in [3.63, 3.8) is 0 Å². The van der Waals surface area contributed by atoms with Crippen LogP contribution in [0.15, 0.2) is 18.2 Å². The van der Waals surface area contributed by atoms with Crippen molar-refractivity contribution in [1.29, 1.82) is 0 Å². The van der Waals surface area contributed by atoms with E-state index in [0.717, 1.165) is 12.8 Å². The zero-order valence-electron chi connectivity index (χ0n) is 10.5. The standard InChI is InChI=1S/C14H16ClFN2O/c15-11-3-10(4-12(16)5-11)14(19)18-6-8-1-2-9(7-18)13(8)17/h3-5,8-9,13H,1-2,6-7,17H2/t8-,9+,13?. The van der Waals surface area contributed by atoms with Crippen molar-refractivity contribution >= 4 is 17.5 Å². The number of nitrogens with zero attached hydrogens (tertiary/aromatic N) is 1. The molecule has 1 aromatic rings. The number of nitrogens with two attached hydrogens (primary N) is 1. The predicted molar refractivity (Wildman–Crippen MR) is 71.5 cm³/mol. The molecule has 2 aliphatic rings. The van der Waals surface area contributed by atoms with Gasteiger partial charge in [0.1, 0.15) is 5.82 Å². The van der Waals surface area contributed by atoms with Crippen molar-refractivity contribution in [1.82, 2.24) is 4.90 Å². The van der Waals surface area contributed by atoms with Gasteiger partial charge in [-0.1, -0.05) is 11.6 Å². The highest BCUT2D eigenvalue weighted by atomic mass is 35.5. The molecule has 1 amide bonds. The number of benzene rings is 1. The van der Waals surface area contributed by atoms with Gasteiger partial charge in [-0.25, -0.2) is 4.39 Å². The van der Waals surface area contributed by atoms with Gasteiger partial charge in [-0.3, -0.25) is 4.79 Å². The van der Waals surface area contributed by atoms with Crippen LogP contribution in [0, 0.1) is 17.7 Å². The fourth-order valence-corrected chi connectivity index (χ4v) is 3.51. The molecule has 0 aromatic heterocycles. The highest BCUT2D eigenvalue weighted by Gasteiger charge is 2.41. The topological polar surface area (TPSA) is 46.3 Å². The van der Waals surface area contributed by atoms with Crippen LogP contribution in [0.4, 0.5) is 4.39 Å². The molecule has 1 saturated heterocycles. The minimum absolute atomic E-state index is 0.148. The van der Waals surface area contributed by atoms with Crippen LogP contribution in [-0.4, -0.2) is 29.9 Å². The summed E-state index contributed by atoms with van der Waals surface area (Å²) >= 11 is 5.80. The molecule has 5 heteroatoms. The third-order valence-electron chi connectivity index (χ3n) is 4.30. The monoisotopic (exact) mass is 282 g/mol. The van der Waals surface area contributed by atoms with Gasteiger partial charge in [-0.2, -0.15) is 0 Å². The fourth-order valence-electron chi connectivity index (χ4n) is 3.29. The Bertz CT molecular complexity index is 488. The number of carbonyl (C=O) groups is 1. The third kappa shape index (κ3) is 2.35. The number of rotatable bonds is 1. The van der Waals surface area contributed by atoms with Crippen molar-refractivity contribution in [2.24, 2.45) is 17.6 Å². The average Bonchev–Trinajstić information content (AvgIpc) is 2.60. The summed E-state index contributed by atoms with van der Waals surface area (Å²) < 4.78 is 13.3. The molecular weight excluding hydrogens is 267 g/mol. The van der Waals surface area contributed by atoms with Crippen molar-refractivity contribution in [2.45, 2.75) is 18.9 Å². The van der Waals surface area contributed by atoms with Crippen molar-refractivity contribution in [3.05, 3.63) is 34.6 Å². The minimum atomic E-state index is -0.479. The highest BCUT2D eigenvalue weighted by molar-refractivity contribution is 6.31. The summed E-state index contributed by atoms with van der Waals surface area (Å²) in [5, 5.41) is 0.250. The Morgan fingerprint density at radius 2 is 1.89 bits per heavy atom. The van der Waals surface area contributed by atoms with Crippen molar-refractivity contribution in [2.75, 3.05) is 13.1 Å². The first-order valence-corrected chi connectivity index (χ1v) is 6.93. The number of fused-ring (bicyclic) bond motifs is 2. The average molecular weight is 283 g/mol. The van der Waals surface area contributed by atoms with E-state index in [4.69, 9.17) is 17.3 Å². The lowest BCUT2D eigenvalue weighted by Crippen LogP contribution is -2.50. The summed E-state index contributed by atoms with van der Waals surface area (Å²) in [6, 6.07) is 4.17. The molecule has 3 rings (SSSR count). The van der Waals surface area contributed by atoms with Crippen LogP contribution in [0.25, 0.3) is 0 Å². The van der Waals surface area contributed by atoms with Gasteiger partial charge >= 0.3 is 0 Å². The maximum Gasteiger partial charge on any atom is 0.254 e. The first kappa shape index (κ1) is 12.9. The van der Waals surface area contributed by atoms with E-state index in [1.807, 2.05) is 0 Å². The Kier molecular flexibility index (Phi) is 3.23. The summed E-state index contributed by atoms with van der Waals surface area (Å²) in [4.78, 5) is 14.2. The molecule has 3 atom stereocenters. The Labute approximate surface area is 116 Å². The molecule has 2 bridgehead atoms. The molecule has 1 aliphatic carbocycles. The lowest BCUT2D eigenvalue weighted by molar-refractivity contribution is 0.0637. The zero-order valence-corrected chi connectivity index (χ0v) is 11.2. The molecule has 1 unspecified atom stereocenters. The van der Waals surface area contributed by atoms with Gasteiger partial charge in [-0.05, 0) is 42.9 Å². The van der Waals surface area contributed by atoms with Crippen LogP contribution in [0.1, 0.15) is 23.2 Å². The lowest BCUT2D eigenvalue weighted by atomic mass is 9.92. The van der Waals surface area contributed by atoms with E-state index in [9.17, 15) is 9.18 Å². The lowest BCUT2D eigenvalue weighted by Gasteiger charge is -2.36. The first-order valence-electron chi connectivity index (χ1n) is 6.55. The molecule has 2 fully saturated rings. The summed E-state index contributed by atoms with van der Waals surface area (Å²) in [6.45, 7) is 1.34. The normalized spacial score (nSPS) is 29.6. The summed E-state index contributed by atoms with van der Waals surface area (Å²) in [6.07, 6.45) is 2.17. The summed E-state index contributed by atoms with van der Waals surface area (Å²) in [5.74, 6) is 0.135. The van der Waals surface area contributed by atoms with E-state index in [1.54, 1.807) is 4.90 Å². The molecule has 1 saturated carbocycles. The maximum atomic E-state index is 13.3. The van der Waals surface area contributed by atoms with Crippen LogP contribution in [0.2, 0.25) is 5.02 Å². The third-order valence-corrected chi connectivity index (χ3v) is 4.52.